The molecule has 14 heavy (non-hydrogen) atoms. The summed E-state index contributed by atoms with van der Waals surface area (Å²) in [4.78, 5) is 3.44. The Hall–Kier alpha value is -1.68. The number of rotatable bonds is 3. The van der Waals surface area contributed by atoms with Crippen LogP contribution < -0.4 is 4.72 Å². The fourth-order valence-electron chi connectivity index (χ4n) is 0.768. The van der Waals surface area contributed by atoms with E-state index in [1.807, 2.05) is 4.72 Å². The topological polar surface area (TPSA) is 82.8 Å². The highest BCUT2D eigenvalue weighted by Crippen LogP contribution is 2.08. The highest BCUT2D eigenvalue weighted by Gasteiger charge is 2.09. The van der Waals surface area contributed by atoms with E-state index in [1.54, 1.807) is 0 Å². The van der Waals surface area contributed by atoms with Gasteiger partial charge >= 0.3 is 0 Å². The predicted octanol–water partition coefficient (Wildman–Crippen LogP) is 0.486. The van der Waals surface area contributed by atoms with E-state index < -0.39 is 21.6 Å². The van der Waals surface area contributed by atoms with Crippen LogP contribution in [0.2, 0.25) is 0 Å². The molecule has 0 atom stereocenters. The van der Waals surface area contributed by atoms with Crippen molar-refractivity contribution in [1.29, 1.82) is 5.26 Å². The molecule has 5 nitrogen and oxygen atoms in total. The number of nitriles is 1. The first-order valence-corrected chi connectivity index (χ1v) is 5.17. The van der Waals surface area contributed by atoms with Crippen molar-refractivity contribution < 1.29 is 12.8 Å². The molecule has 1 N–H and O–H groups in total. The molecule has 0 fully saturated rings. The molecular weight excluding hydrogens is 209 g/mol. The standard InChI is InChI=1S/C7H6FN3O2S/c8-6-3-7(5-10-4-6)11-14(12,13)2-1-9/h3-5,11H,2H2. The number of hydrogen-bond acceptors (Lipinski definition) is 4. The Kier molecular flexibility index (Phi) is 2.99. The van der Waals surface area contributed by atoms with E-state index in [-0.39, 0.29) is 5.69 Å². The Morgan fingerprint density at radius 2 is 2.29 bits per heavy atom. The zero-order chi connectivity index (χ0) is 10.6. The van der Waals surface area contributed by atoms with Crippen LogP contribution in [0.3, 0.4) is 0 Å². The van der Waals surface area contributed by atoms with E-state index in [0.29, 0.717) is 0 Å². The van der Waals surface area contributed by atoms with Crippen LogP contribution in [0.5, 0.6) is 0 Å². The lowest BCUT2D eigenvalue weighted by molar-refractivity contribution is 0.604. The minimum absolute atomic E-state index is 0.000231. The number of anilines is 1. The highest BCUT2D eigenvalue weighted by molar-refractivity contribution is 7.92. The summed E-state index contributed by atoms with van der Waals surface area (Å²) in [5, 5.41) is 8.18. The molecule has 74 valence electrons. The maximum Gasteiger partial charge on any atom is 0.246 e. The normalized spacial score (nSPS) is 10.6. The van der Waals surface area contributed by atoms with Crippen molar-refractivity contribution in [1.82, 2.24) is 4.98 Å². The first-order valence-electron chi connectivity index (χ1n) is 3.51. The van der Waals surface area contributed by atoms with Gasteiger partial charge in [0.1, 0.15) is 5.82 Å². The molecule has 0 unspecified atom stereocenters. The second-order valence-electron chi connectivity index (χ2n) is 2.41. The van der Waals surface area contributed by atoms with Gasteiger partial charge in [-0.1, -0.05) is 0 Å². The van der Waals surface area contributed by atoms with Crippen molar-refractivity contribution in [3.8, 4) is 6.07 Å². The molecule has 0 bridgehead atoms. The molecule has 7 heteroatoms. The quantitative estimate of drug-likeness (QED) is 0.795. The van der Waals surface area contributed by atoms with Crippen molar-refractivity contribution in [2.45, 2.75) is 0 Å². The fourth-order valence-corrected chi connectivity index (χ4v) is 1.48. The number of hydrogen-bond donors (Lipinski definition) is 1. The van der Waals surface area contributed by atoms with Crippen molar-refractivity contribution in [2.75, 3.05) is 10.5 Å². The van der Waals surface area contributed by atoms with Crippen LogP contribution in [0, 0.1) is 17.1 Å². The van der Waals surface area contributed by atoms with Gasteiger partial charge in [0.15, 0.2) is 5.75 Å². The van der Waals surface area contributed by atoms with Gasteiger partial charge in [-0.2, -0.15) is 5.26 Å². The fraction of sp³-hybridized carbons (Fsp3) is 0.143. The minimum atomic E-state index is -3.72. The third kappa shape index (κ3) is 2.99. The van der Waals surface area contributed by atoms with Crippen molar-refractivity contribution in [3.05, 3.63) is 24.3 Å². The predicted molar refractivity (Wildman–Crippen MR) is 47.2 cm³/mol. The van der Waals surface area contributed by atoms with E-state index in [0.717, 1.165) is 18.5 Å². The number of halogens is 1. The van der Waals surface area contributed by atoms with Gasteiger partial charge in [-0.15, -0.1) is 0 Å². The van der Waals surface area contributed by atoms with E-state index in [2.05, 4.69) is 4.98 Å². The van der Waals surface area contributed by atoms with Crippen molar-refractivity contribution in [3.63, 3.8) is 0 Å². The molecule has 0 spiro atoms. The van der Waals surface area contributed by atoms with E-state index in [1.165, 1.54) is 6.07 Å². The summed E-state index contributed by atoms with van der Waals surface area (Å²) < 4.78 is 36.6. The molecule has 1 rings (SSSR count). The van der Waals surface area contributed by atoms with Gasteiger partial charge < -0.3 is 0 Å². The largest absolute Gasteiger partial charge is 0.281 e. The van der Waals surface area contributed by atoms with E-state index in [4.69, 9.17) is 5.26 Å². The van der Waals surface area contributed by atoms with Crippen LogP contribution >= 0.6 is 0 Å². The Bertz CT molecular complexity index is 466. The number of pyridine rings is 1. The van der Waals surface area contributed by atoms with Crippen molar-refractivity contribution >= 4 is 15.7 Å². The molecule has 0 radical (unpaired) electrons. The van der Waals surface area contributed by atoms with Gasteiger partial charge in [0.2, 0.25) is 10.0 Å². The third-order valence-corrected chi connectivity index (χ3v) is 2.29. The molecule has 0 aliphatic carbocycles. The van der Waals surface area contributed by atoms with Crippen LogP contribution in [-0.4, -0.2) is 19.2 Å². The van der Waals surface area contributed by atoms with E-state index in [9.17, 15) is 12.8 Å². The smallest absolute Gasteiger partial charge is 0.246 e. The monoisotopic (exact) mass is 215 g/mol. The maximum absolute atomic E-state index is 12.6. The van der Waals surface area contributed by atoms with Gasteiger partial charge in [0, 0.05) is 6.07 Å². The zero-order valence-electron chi connectivity index (χ0n) is 6.94. The summed E-state index contributed by atoms with van der Waals surface area (Å²) in [7, 11) is -3.72. The summed E-state index contributed by atoms with van der Waals surface area (Å²) in [6.45, 7) is 0. The van der Waals surface area contributed by atoms with Gasteiger partial charge in [-0.05, 0) is 0 Å². The summed E-state index contributed by atoms with van der Waals surface area (Å²) >= 11 is 0. The number of aromatic nitrogens is 1. The van der Waals surface area contributed by atoms with Crippen LogP contribution in [0.1, 0.15) is 0 Å². The lowest BCUT2D eigenvalue weighted by Crippen LogP contribution is -2.15. The molecule has 0 amide bonds. The molecule has 1 aromatic heterocycles. The van der Waals surface area contributed by atoms with Crippen LogP contribution in [0.25, 0.3) is 0 Å². The van der Waals surface area contributed by atoms with Gasteiger partial charge in [-0.25, -0.2) is 12.8 Å². The minimum Gasteiger partial charge on any atom is -0.281 e. The summed E-state index contributed by atoms with van der Waals surface area (Å²) in [5.41, 5.74) is 0.000231. The van der Waals surface area contributed by atoms with Gasteiger partial charge in [0.05, 0.1) is 24.2 Å². The Morgan fingerprint density at radius 3 is 2.86 bits per heavy atom. The zero-order valence-corrected chi connectivity index (χ0v) is 7.75. The molecule has 0 aromatic carbocycles. The molecule has 0 aliphatic heterocycles. The maximum atomic E-state index is 12.6. The molecule has 1 heterocycles. The second kappa shape index (κ2) is 4.02. The molecule has 0 saturated heterocycles. The Labute approximate surface area is 80.2 Å². The lowest BCUT2D eigenvalue weighted by atomic mass is 10.4. The van der Waals surface area contributed by atoms with Crippen LogP contribution in [0.15, 0.2) is 18.5 Å². The SMILES string of the molecule is N#CCS(=O)(=O)Nc1cncc(F)c1. The Morgan fingerprint density at radius 1 is 1.57 bits per heavy atom. The number of nitrogens with zero attached hydrogens (tertiary/aromatic N) is 2. The van der Waals surface area contributed by atoms with Crippen molar-refractivity contribution in [2.24, 2.45) is 0 Å². The summed E-state index contributed by atoms with van der Waals surface area (Å²) in [6, 6.07) is 2.45. The lowest BCUT2D eigenvalue weighted by Gasteiger charge is -2.03. The number of nitrogens with one attached hydrogen (secondary N) is 1. The molecule has 1 aromatic rings. The molecular formula is C7H6FN3O2S. The third-order valence-electron chi connectivity index (χ3n) is 1.23. The van der Waals surface area contributed by atoms with Crippen LogP contribution in [-0.2, 0) is 10.0 Å². The number of sulfonamides is 1. The van der Waals surface area contributed by atoms with Crippen LogP contribution in [0.4, 0.5) is 10.1 Å². The first-order chi connectivity index (χ1) is 6.53. The first kappa shape index (κ1) is 10.4. The van der Waals surface area contributed by atoms with Gasteiger partial charge in [0.25, 0.3) is 0 Å². The second-order valence-corrected chi connectivity index (χ2v) is 4.13. The summed E-state index contributed by atoms with van der Waals surface area (Å²) in [6.07, 6.45) is 2.10. The molecule has 0 aliphatic rings. The Balaban J connectivity index is 2.85. The average Bonchev–Trinajstić information content (AvgIpc) is 2.02. The molecule has 0 saturated carbocycles. The highest BCUT2D eigenvalue weighted by atomic mass is 32.2. The van der Waals surface area contributed by atoms with Gasteiger partial charge in [-0.3, -0.25) is 9.71 Å². The summed E-state index contributed by atoms with van der Waals surface area (Å²) in [5.74, 6) is -1.33. The average molecular weight is 215 g/mol. The van der Waals surface area contributed by atoms with E-state index >= 15 is 0 Å².